The van der Waals surface area contributed by atoms with Gasteiger partial charge in [-0.25, -0.2) is 0 Å². The van der Waals surface area contributed by atoms with Crippen molar-refractivity contribution in [1.82, 2.24) is 10.1 Å². The maximum absolute atomic E-state index is 4.97. The van der Waals surface area contributed by atoms with E-state index < -0.39 is 0 Å². The average molecular weight is 280 g/mol. The largest absolute Gasteiger partial charge is 0.343 e. The first-order valence-electron chi connectivity index (χ1n) is 8.50. The first-order chi connectivity index (χ1) is 9.73. The Morgan fingerprint density at radius 2 is 1.45 bits per heavy atom. The minimum atomic E-state index is 0.104. The van der Waals surface area contributed by atoms with E-state index in [-0.39, 0.29) is 5.41 Å². The highest BCUT2D eigenvalue weighted by Crippen LogP contribution is 2.33. The number of rotatable bonds is 12. The molecule has 0 spiro atoms. The fourth-order valence-corrected chi connectivity index (χ4v) is 2.85. The van der Waals surface area contributed by atoms with Crippen LogP contribution in [0.1, 0.15) is 97.2 Å². The highest BCUT2D eigenvalue weighted by Gasteiger charge is 2.29. The fourth-order valence-electron chi connectivity index (χ4n) is 2.85. The summed E-state index contributed by atoms with van der Waals surface area (Å²) in [5, 5.41) is 4.12. The molecule has 0 saturated heterocycles. The normalized spacial score (nSPS) is 14.3. The van der Waals surface area contributed by atoms with Gasteiger partial charge in [0.15, 0.2) is 5.82 Å². The van der Waals surface area contributed by atoms with Crippen molar-refractivity contribution in [3.8, 4) is 0 Å². The third-order valence-electron chi connectivity index (χ3n) is 4.32. The number of hydrogen-bond acceptors (Lipinski definition) is 3. The summed E-state index contributed by atoms with van der Waals surface area (Å²) in [5.74, 6) is 0.907. The number of hydrogen-bond donors (Lipinski definition) is 0. The predicted molar refractivity (Wildman–Crippen MR) is 83.8 cm³/mol. The Balaban J connectivity index is 2.43. The van der Waals surface area contributed by atoms with Gasteiger partial charge >= 0.3 is 0 Å². The van der Waals surface area contributed by atoms with Crippen LogP contribution < -0.4 is 0 Å². The molecule has 0 radical (unpaired) electrons. The van der Waals surface area contributed by atoms with Crippen LogP contribution in [0.2, 0.25) is 0 Å². The molecule has 1 aromatic rings. The van der Waals surface area contributed by atoms with Crippen molar-refractivity contribution in [3.05, 3.63) is 12.2 Å². The molecule has 3 nitrogen and oxygen atoms in total. The SMILES string of the molecule is CCCCCCCC(C)(CCCCCC)c1ncon1. The van der Waals surface area contributed by atoms with E-state index in [1.54, 1.807) is 0 Å². The second-order valence-corrected chi connectivity index (χ2v) is 6.29. The maximum Gasteiger partial charge on any atom is 0.213 e. The van der Waals surface area contributed by atoms with E-state index in [4.69, 9.17) is 4.52 Å². The van der Waals surface area contributed by atoms with Crippen molar-refractivity contribution in [1.29, 1.82) is 0 Å². The second kappa shape index (κ2) is 9.95. The topological polar surface area (TPSA) is 38.9 Å². The molecule has 3 heteroatoms. The summed E-state index contributed by atoms with van der Waals surface area (Å²) in [7, 11) is 0. The van der Waals surface area contributed by atoms with Gasteiger partial charge in [-0.3, -0.25) is 0 Å². The zero-order valence-electron chi connectivity index (χ0n) is 13.7. The highest BCUT2D eigenvalue weighted by atomic mass is 16.5. The molecule has 1 heterocycles. The third-order valence-corrected chi connectivity index (χ3v) is 4.32. The molecule has 1 unspecified atom stereocenters. The van der Waals surface area contributed by atoms with E-state index in [9.17, 15) is 0 Å². The summed E-state index contributed by atoms with van der Waals surface area (Å²) < 4.78 is 4.97. The minimum Gasteiger partial charge on any atom is -0.343 e. The molecule has 0 aromatic carbocycles. The zero-order valence-corrected chi connectivity index (χ0v) is 13.7. The van der Waals surface area contributed by atoms with E-state index in [0.29, 0.717) is 0 Å². The average Bonchev–Trinajstić information content (AvgIpc) is 2.98. The molecule has 0 amide bonds. The number of unbranched alkanes of at least 4 members (excludes halogenated alkanes) is 7. The first-order valence-corrected chi connectivity index (χ1v) is 8.50. The Labute approximate surface area is 124 Å². The van der Waals surface area contributed by atoms with Gasteiger partial charge in [0.2, 0.25) is 6.39 Å². The van der Waals surface area contributed by atoms with Crippen molar-refractivity contribution in [2.75, 3.05) is 0 Å². The third kappa shape index (κ3) is 6.06. The highest BCUT2D eigenvalue weighted by molar-refractivity contribution is 5.02. The number of nitrogens with zero attached hydrogens (tertiary/aromatic N) is 2. The summed E-state index contributed by atoms with van der Waals surface area (Å²) in [5.41, 5.74) is 0.104. The van der Waals surface area contributed by atoms with E-state index in [2.05, 4.69) is 30.9 Å². The van der Waals surface area contributed by atoms with Crippen LogP contribution >= 0.6 is 0 Å². The molecular formula is C17H32N2O. The van der Waals surface area contributed by atoms with Gasteiger partial charge in [0.25, 0.3) is 0 Å². The molecule has 0 aliphatic heterocycles. The van der Waals surface area contributed by atoms with Crippen LogP contribution in [0, 0.1) is 0 Å². The summed E-state index contributed by atoms with van der Waals surface area (Å²) >= 11 is 0. The quantitative estimate of drug-likeness (QED) is 0.464. The standard InChI is InChI=1S/C17H32N2O/c1-4-6-8-10-12-14-17(3,13-11-9-7-5-2)16-18-15-20-19-16/h15H,4-14H2,1-3H3. The van der Waals surface area contributed by atoms with Crippen LogP contribution in [0.3, 0.4) is 0 Å². The van der Waals surface area contributed by atoms with Gasteiger partial charge < -0.3 is 4.52 Å². The molecule has 1 atom stereocenters. The maximum atomic E-state index is 4.97. The van der Waals surface area contributed by atoms with Crippen molar-refractivity contribution in [2.45, 2.75) is 96.8 Å². The molecule has 0 aliphatic carbocycles. The molecule has 0 bridgehead atoms. The van der Waals surface area contributed by atoms with Crippen LogP contribution in [0.25, 0.3) is 0 Å². The summed E-state index contributed by atoms with van der Waals surface area (Å²) in [6.45, 7) is 6.83. The second-order valence-electron chi connectivity index (χ2n) is 6.29. The molecule has 116 valence electrons. The Morgan fingerprint density at radius 3 is 1.95 bits per heavy atom. The Hall–Kier alpha value is -0.860. The monoisotopic (exact) mass is 280 g/mol. The van der Waals surface area contributed by atoms with Gasteiger partial charge in [-0.1, -0.05) is 83.7 Å². The van der Waals surface area contributed by atoms with Crippen LogP contribution in [-0.2, 0) is 5.41 Å². The van der Waals surface area contributed by atoms with Crippen LogP contribution in [0.4, 0.5) is 0 Å². The van der Waals surface area contributed by atoms with Crippen LogP contribution in [0.5, 0.6) is 0 Å². The van der Waals surface area contributed by atoms with Gasteiger partial charge in [-0.05, 0) is 12.8 Å². The van der Waals surface area contributed by atoms with Crippen LogP contribution in [0.15, 0.2) is 10.9 Å². The Kier molecular flexibility index (Phi) is 8.56. The molecule has 1 rings (SSSR count). The molecule has 20 heavy (non-hydrogen) atoms. The molecular weight excluding hydrogens is 248 g/mol. The van der Waals surface area contributed by atoms with Gasteiger partial charge in [0.05, 0.1) is 0 Å². The van der Waals surface area contributed by atoms with E-state index in [1.165, 1.54) is 77.0 Å². The van der Waals surface area contributed by atoms with Crippen LogP contribution in [-0.4, -0.2) is 10.1 Å². The van der Waals surface area contributed by atoms with Crippen molar-refractivity contribution in [2.24, 2.45) is 0 Å². The fraction of sp³-hybridized carbons (Fsp3) is 0.882. The summed E-state index contributed by atoms with van der Waals surface area (Å²) in [6, 6.07) is 0. The van der Waals surface area contributed by atoms with Gasteiger partial charge in [0.1, 0.15) is 0 Å². The smallest absolute Gasteiger partial charge is 0.213 e. The van der Waals surface area contributed by atoms with E-state index in [0.717, 1.165) is 5.82 Å². The van der Waals surface area contributed by atoms with Gasteiger partial charge in [0, 0.05) is 5.41 Å². The molecule has 0 saturated carbocycles. The Morgan fingerprint density at radius 1 is 0.900 bits per heavy atom. The zero-order chi connectivity index (χ0) is 14.7. The first kappa shape index (κ1) is 17.2. The lowest BCUT2D eigenvalue weighted by atomic mass is 9.79. The molecule has 1 aromatic heterocycles. The molecule has 0 fully saturated rings. The van der Waals surface area contributed by atoms with E-state index >= 15 is 0 Å². The summed E-state index contributed by atoms with van der Waals surface area (Å²) in [6.07, 6.45) is 15.7. The summed E-state index contributed by atoms with van der Waals surface area (Å²) in [4.78, 5) is 4.32. The van der Waals surface area contributed by atoms with Crippen molar-refractivity contribution in [3.63, 3.8) is 0 Å². The lowest BCUT2D eigenvalue weighted by Crippen LogP contribution is -2.23. The van der Waals surface area contributed by atoms with Gasteiger partial charge in [-0.15, -0.1) is 0 Å². The van der Waals surface area contributed by atoms with Gasteiger partial charge in [-0.2, -0.15) is 4.98 Å². The lowest BCUT2D eigenvalue weighted by molar-refractivity contribution is 0.322. The van der Waals surface area contributed by atoms with Crippen molar-refractivity contribution < 1.29 is 4.52 Å². The lowest BCUT2D eigenvalue weighted by Gasteiger charge is -2.26. The predicted octanol–water partition coefficient (Wildman–Crippen LogP) is 5.66. The Bertz CT molecular complexity index is 324. The van der Waals surface area contributed by atoms with E-state index in [1.807, 2.05) is 0 Å². The molecule has 0 N–H and O–H groups in total. The molecule has 0 aliphatic rings. The number of aromatic nitrogens is 2. The van der Waals surface area contributed by atoms with Crippen molar-refractivity contribution >= 4 is 0 Å². The minimum absolute atomic E-state index is 0.104.